The minimum Gasteiger partial charge on any atom is -0.482 e. The van der Waals surface area contributed by atoms with Gasteiger partial charge in [-0.3, -0.25) is 9.59 Å². The van der Waals surface area contributed by atoms with Gasteiger partial charge in [0.25, 0.3) is 0 Å². The number of esters is 1. The summed E-state index contributed by atoms with van der Waals surface area (Å²) in [6, 6.07) is 9.03. The number of Topliss-reactive ketones (excluding diaryl/α,β-unsaturated/α-hetero) is 1. The van der Waals surface area contributed by atoms with Crippen LogP contribution in [0, 0.1) is 19.7 Å². The molecule has 2 rings (SSSR count). The SMILES string of the molecule is CC(=O)Nc1ccc(C(=O)COC(=O)COc2ccc(C)c(C)c2)c(F)c1. The molecule has 0 saturated heterocycles. The lowest BCUT2D eigenvalue weighted by Gasteiger charge is -2.09. The van der Waals surface area contributed by atoms with Crippen molar-refractivity contribution >= 4 is 23.3 Å². The van der Waals surface area contributed by atoms with Crippen molar-refractivity contribution in [2.24, 2.45) is 0 Å². The molecular weight excluding hydrogens is 353 g/mol. The summed E-state index contributed by atoms with van der Waals surface area (Å²) < 4.78 is 24.1. The summed E-state index contributed by atoms with van der Waals surface area (Å²) in [4.78, 5) is 34.7. The minimum atomic E-state index is -0.811. The molecule has 0 unspecified atom stereocenters. The van der Waals surface area contributed by atoms with Crippen molar-refractivity contribution < 1.29 is 28.2 Å². The van der Waals surface area contributed by atoms with Crippen LogP contribution in [0.15, 0.2) is 36.4 Å². The largest absolute Gasteiger partial charge is 0.482 e. The number of ketones is 1. The quantitative estimate of drug-likeness (QED) is 0.595. The summed E-state index contributed by atoms with van der Waals surface area (Å²) in [5, 5.41) is 2.41. The summed E-state index contributed by atoms with van der Waals surface area (Å²) >= 11 is 0. The number of rotatable bonds is 7. The maximum Gasteiger partial charge on any atom is 0.344 e. The molecular formula is C20H20FNO5. The molecule has 0 saturated carbocycles. The Labute approximate surface area is 156 Å². The number of hydrogen-bond donors (Lipinski definition) is 1. The van der Waals surface area contributed by atoms with E-state index in [1.54, 1.807) is 12.1 Å². The molecule has 0 fully saturated rings. The predicted octanol–water partition coefficient (Wildman–Crippen LogP) is 3.21. The van der Waals surface area contributed by atoms with Crippen LogP contribution in [0.1, 0.15) is 28.4 Å². The van der Waals surface area contributed by atoms with Gasteiger partial charge in [-0.25, -0.2) is 9.18 Å². The third-order valence-corrected chi connectivity index (χ3v) is 3.79. The van der Waals surface area contributed by atoms with Gasteiger partial charge in [0.15, 0.2) is 13.2 Å². The van der Waals surface area contributed by atoms with Crippen LogP contribution in [0.25, 0.3) is 0 Å². The second kappa shape index (κ2) is 8.93. The van der Waals surface area contributed by atoms with E-state index in [0.717, 1.165) is 17.2 Å². The highest BCUT2D eigenvalue weighted by molar-refractivity contribution is 5.99. The molecule has 0 radical (unpaired) electrons. The highest BCUT2D eigenvalue weighted by atomic mass is 19.1. The Bertz CT molecular complexity index is 879. The van der Waals surface area contributed by atoms with E-state index in [1.807, 2.05) is 19.9 Å². The number of halogens is 1. The molecule has 2 aromatic rings. The fraction of sp³-hybridized carbons (Fsp3) is 0.250. The van der Waals surface area contributed by atoms with Crippen molar-refractivity contribution in [1.82, 2.24) is 0 Å². The van der Waals surface area contributed by atoms with Crippen LogP contribution in [0.5, 0.6) is 5.75 Å². The molecule has 0 aliphatic heterocycles. The standard InChI is InChI=1S/C20H20FNO5/c1-12-4-6-16(8-13(12)2)26-11-20(25)27-10-19(24)17-7-5-15(9-18(17)21)22-14(3)23/h4-9H,10-11H2,1-3H3,(H,22,23). The van der Waals surface area contributed by atoms with Crippen LogP contribution in [-0.4, -0.2) is 30.9 Å². The predicted molar refractivity (Wildman–Crippen MR) is 97.4 cm³/mol. The Morgan fingerprint density at radius 3 is 2.37 bits per heavy atom. The van der Waals surface area contributed by atoms with Crippen molar-refractivity contribution in [2.45, 2.75) is 20.8 Å². The van der Waals surface area contributed by atoms with Crippen LogP contribution in [0.2, 0.25) is 0 Å². The average Bonchev–Trinajstić information content (AvgIpc) is 2.60. The lowest BCUT2D eigenvalue weighted by molar-refractivity contribution is -0.144. The minimum absolute atomic E-state index is 0.230. The van der Waals surface area contributed by atoms with Gasteiger partial charge in [-0.15, -0.1) is 0 Å². The molecule has 1 N–H and O–H groups in total. The normalized spacial score (nSPS) is 10.2. The molecule has 0 aliphatic carbocycles. The molecule has 0 aliphatic rings. The van der Waals surface area contributed by atoms with Crippen LogP contribution in [0.4, 0.5) is 10.1 Å². The first-order valence-corrected chi connectivity index (χ1v) is 8.22. The van der Waals surface area contributed by atoms with Gasteiger partial charge in [-0.1, -0.05) is 6.07 Å². The Balaban J connectivity index is 1.86. The summed E-state index contributed by atoms with van der Waals surface area (Å²) in [6.07, 6.45) is 0. The van der Waals surface area contributed by atoms with Gasteiger partial charge in [0.2, 0.25) is 11.7 Å². The Morgan fingerprint density at radius 1 is 1.00 bits per heavy atom. The fourth-order valence-corrected chi connectivity index (χ4v) is 2.23. The number of nitrogens with one attached hydrogen (secondary N) is 1. The van der Waals surface area contributed by atoms with Crippen LogP contribution in [-0.2, 0) is 14.3 Å². The summed E-state index contributed by atoms with van der Waals surface area (Å²) in [7, 11) is 0. The first kappa shape index (κ1) is 20.1. The number of ether oxygens (including phenoxy) is 2. The number of benzene rings is 2. The van der Waals surface area contributed by atoms with Crippen molar-refractivity contribution in [2.75, 3.05) is 18.5 Å². The van der Waals surface area contributed by atoms with E-state index in [2.05, 4.69) is 5.32 Å². The smallest absolute Gasteiger partial charge is 0.344 e. The molecule has 1 amide bonds. The molecule has 0 spiro atoms. The van der Waals surface area contributed by atoms with Gasteiger partial charge >= 0.3 is 5.97 Å². The number of aryl methyl sites for hydroxylation is 2. The van der Waals surface area contributed by atoms with E-state index in [-0.39, 0.29) is 23.8 Å². The molecule has 27 heavy (non-hydrogen) atoms. The molecule has 2 aromatic carbocycles. The van der Waals surface area contributed by atoms with Gasteiger partial charge < -0.3 is 14.8 Å². The molecule has 142 valence electrons. The van der Waals surface area contributed by atoms with Gasteiger partial charge in [0, 0.05) is 12.6 Å². The number of carbonyl (C=O) groups excluding carboxylic acids is 3. The van der Waals surface area contributed by atoms with E-state index in [9.17, 15) is 18.8 Å². The van der Waals surface area contributed by atoms with Crippen molar-refractivity contribution in [3.8, 4) is 5.75 Å². The maximum absolute atomic E-state index is 14.0. The molecule has 0 aromatic heterocycles. The summed E-state index contributed by atoms with van der Waals surface area (Å²) in [6.45, 7) is 4.20. The molecule has 7 heteroatoms. The van der Waals surface area contributed by atoms with Crippen LogP contribution in [0.3, 0.4) is 0 Å². The zero-order valence-electron chi connectivity index (χ0n) is 15.3. The third kappa shape index (κ3) is 5.91. The number of anilines is 1. The van der Waals surface area contributed by atoms with E-state index >= 15 is 0 Å². The van der Waals surface area contributed by atoms with Gasteiger partial charge in [-0.2, -0.15) is 0 Å². The lowest BCUT2D eigenvalue weighted by atomic mass is 10.1. The van der Waals surface area contributed by atoms with E-state index < -0.39 is 24.2 Å². The molecule has 0 heterocycles. The summed E-state index contributed by atoms with van der Waals surface area (Å²) in [5.74, 6) is -2.08. The first-order valence-electron chi connectivity index (χ1n) is 8.22. The third-order valence-electron chi connectivity index (χ3n) is 3.79. The number of amides is 1. The van der Waals surface area contributed by atoms with Gasteiger partial charge in [0.1, 0.15) is 11.6 Å². The number of hydrogen-bond acceptors (Lipinski definition) is 5. The highest BCUT2D eigenvalue weighted by Crippen LogP contribution is 2.17. The second-order valence-electron chi connectivity index (χ2n) is 5.99. The monoisotopic (exact) mass is 373 g/mol. The zero-order valence-corrected chi connectivity index (χ0v) is 15.3. The van der Waals surface area contributed by atoms with Gasteiger partial charge in [0.05, 0.1) is 5.56 Å². The fourth-order valence-electron chi connectivity index (χ4n) is 2.23. The van der Waals surface area contributed by atoms with E-state index in [4.69, 9.17) is 9.47 Å². The zero-order chi connectivity index (χ0) is 20.0. The number of carbonyl (C=O) groups is 3. The average molecular weight is 373 g/mol. The van der Waals surface area contributed by atoms with E-state index in [0.29, 0.717) is 5.75 Å². The summed E-state index contributed by atoms with van der Waals surface area (Å²) in [5.41, 5.74) is 2.12. The van der Waals surface area contributed by atoms with Crippen molar-refractivity contribution in [3.05, 3.63) is 58.9 Å². The Kier molecular flexibility index (Phi) is 6.65. The lowest BCUT2D eigenvalue weighted by Crippen LogP contribution is -2.20. The first-order chi connectivity index (χ1) is 12.8. The van der Waals surface area contributed by atoms with Crippen molar-refractivity contribution in [3.63, 3.8) is 0 Å². The molecule has 6 nitrogen and oxygen atoms in total. The Hall–Kier alpha value is -3.22. The highest BCUT2D eigenvalue weighted by Gasteiger charge is 2.15. The van der Waals surface area contributed by atoms with Gasteiger partial charge in [-0.05, 0) is 55.3 Å². The van der Waals surface area contributed by atoms with E-state index in [1.165, 1.54) is 19.1 Å². The second-order valence-corrected chi connectivity index (χ2v) is 5.99. The van der Waals surface area contributed by atoms with Crippen molar-refractivity contribution in [1.29, 1.82) is 0 Å². The van der Waals surface area contributed by atoms with Crippen LogP contribution < -0.4 is 10.1 Å². The molecule has 0 bridgehead atoms. The topological polar surface area (TPSA) is 81.7 Å². The van der Waals surface area contributed by atoms with Crippen LogP contribution >= 0.6 is 0 Å². The Morgan fingerprint density at radius 2 is 1.74 bits per heavy atom. The molecule has 0 atom stereocenters. The maximum atomic E-state index is 14.0.